The van der Waals surface area contributed by atoms with Crippen LogP contribution in [0.2, 0.25) is 5.28 Å². The zero-order valence-electron chi connectivity index (χ0n) is 9.24. The van der Waals surface area contributed by atoms with E-state index in [1.165, 1.54) is 11.6 Å². The third kappa shape index (κ3) is 1.74. The molecule has 2 rings (SSSR count). The predicted octanol–water partition coefficient (Wildman–Crippen LogP) is 0.1000. The van der Waals surface area contributed by atoms with E-state index < -0.39 is 11.2 Å². The molecular weight excluding hydrogens is 244 g/mol. The molecule has 0 saturated carbocycles. The number of aromatic nitrogens is 4. The number of hydrogen-bond donors (Lipinski definition) is 1. The Labute approximate surface area is 101 Å². The van der Waals surface area contributed by atoms with Gasteiger partial charge in [-0.1, -0.05) is 5.92 Å². The third-order valence-corrected chi connectivity index (χ3v) is 2.66. The van der Waals surface area contributed by atoms with Crippen molar-refractivity contribution in [2.45, 2.75) is 13.5 Å². The molecule has 0 radical (unpaired) electrons. The van der Waals surface area contributed by atoms with Crippen LogP contribution in [0.5, 0.6) is 0 Å². The number of nitrogens with zero attached hydrogens (tertiary/aromatic N) is 3. The standard InChI is InChI=1S/C10H9ClN4O2/c1-3-4-5-15-6-7(12-9(15)11)13-10(17)14(2)8(6)16/h5H2,1-2H3,(H,13,17). The van der Waals surface area contributed by atoms with Crippen LogP contribution in [-0.2, 0) is 13.6 Å². The minimum atomic E-state index is -0.523. The number of rotatable bonds is 1. The number of fused-ring (bicyclic) bond motifs is 1. The van der Waals surface area contributed by atoms with Crippen molar-refractivity contribution in [2.75, 3.05) is 0 Å². The van der Waals surface area contributed by atoms with Gasteiger partial charge in [0.25, 0.3) is 5.56 Å². The lowest BCUT2D eigenvalue weighted by Crippen LogP contribution is -2.33. The highest BCUT2D eigenvalue weighted by Gasteiger charge is 2.14. The second-order valence-corrected chi connectivity index (χ2v) is 3.72. The van der Waals surface area contributed by atoms with E-state index >= 15 is 0 Å². The average Bonchev–Trinajstić information content (AvgIpc) is 2.59. The Balaban J connectivity index is 2.88. The van der Waals surface area contributed by atoms with Crippen molar-refractivity contribution in [1.29, 1.82) is 0 Å². The average molecular weight is 253 g/mol. The molecule has 0 fully saturated rings. The highest BCUT2D eigenvalue weighted by Crippen LogP contribution is 2.13. The fourth-order valence-corrected chi connectivity index (χ4v) is 1.70. The van der Waals surface area contributed by atoms with Gasteiger partial charge in [-0.2, -0.15) is 4.98 Å². The van der Waals surface area contributed by atoms with E-state index in [1.54, 1.807) is 6.92 Å². The fraction of sp³-hybridized carbons (Fsp3) is 0.300. The van der Waals surface area contributed by atoms with Gasteiger partial charge in [-0.25, -0.2) is 4.79 Å². The van der Waals surface area contributed by atoms with E-state index in [-0.39, 0.29) is 23.0 Å². The first-order chi connectivity index (χ1) is 8.06. The molecule has 17 heavy (non-hydrogen) atoms. The summed E-state index contributed by atoms with van der Waals surface area (Å²) in [6.45, 7) is 1.94. The molecule has 0 spiro atoms. The first kappa shape index (κ1) is 11.5. The molecule has 0 aromatic carbocycles. The Morgan fingerprint density at radius 3 is 2.82 bits per heavy atom. The summed E-state index contributed by atoms with van der Waals surface area (Å²) in [5, 5.41) is 0.127. The molecular formula is C10H9ClN4O2. The van der Waals surface area contributed by atoms with Crippen LogP contribution in [0.1, 0.15) is 6.92 Å². The molecule has 1 N–H and O–H groups in total. The van der Waals surface area contributed by atoms with Crippen molar-refractivity contribution in [1.82, 2.24) is 19.1 Å². The summed E-state index contributed by atoms with van der Waals surface area (Å²) in [5.74, 6) is 5.50. The van der Waals surface area contributed by atoms with Crippen LogP contribution in [0.4, 0.5) is 0 Å². The van der Waals surface area contributed by atoms with Crippen LogP contribution in [-0.4, -0.2) is 19.1 Å². The number of nitrogens with one attached hydrogen (secondary N) is 1. The second-order valence-electron chi connectivity index (χ2n) is 3.39. The van der Waals surface area contributed by atoms with Crippen LogP contribution in [0, 0.1) is 11.8 Å². The lowest BCUT2D eigenvalue weighted by Gasteiger charge is -2.00. The lowest BCUT2D eigenvalue weighted by molar-refractivity contribution is 0.777. The van der Waals surface area contributed by atoms with E-state index in [2.05, 4.69) is 21.8 Å². The smallest absolute Gasteiger partial charge is 0.297 e. The maximum atomic E-state index is 11.9. The molecule has 0 atom stereocenters. The zero-order chi connectivity index (χ0) is 12.6. The van der Waals surface area contributed by atoms with Crippen molar-refractivity contribution in [2.24, 2.45) is 7.05 Å². The largest absolute Gasteiger partial charge is 0.329 e. The predicted molar refractivity (Wildman–Crippen MR) is 64.1 cm³/mol. The van der Waals surface area contributed by atoms with Crippen LogP contribution in [0.3, 0.4) is 0 Å². The van der Waals surface area contributed by atoms with Crippen molar-refractivity contribution in [3.05, 3.63) is 26.1 Å². The minimum absolute atomic E-state index is 0.127. The van der Waals surface area contributed by atoms with Crippen molar-refractivity contribution in [3.63, 3.8) is 0 Å². The summed E-state index contributed by atoms with van der Waals surface area (Å²) in [6.07, 6.45) is 0. The Morgan fingerprint density at radius 2 is 2.18 bits per heavy atom. The number of hydrogen-bond acceptors (Lipinski definition) is 3. The van der Waals surface area contributed by atoms with Crippen LogP contribution < -0.4 is 11.2 Å². The Kier molecular flexibility index (Phi) is 2.77. The molecule has 6 nitrogen and oxygen atoms in total. The third-order valence-electron chi connectivity index (χ3n) is 2.37. The van der Waals surface area contributed by atoms with Gasteiger partial charge in [0.1, 0.15) is 0 Å². The molecule has 0 unspecified atom stereocenters. The Bertz CT molecular complexity index is 757. The van der Waals surface area contributed by atoms with E-state index in [0.717, 1.165) is 4.57 Å². The number of aromatic amines is 1. The van der Waals surface area contributed by atoms with Crippen LogP contribution in [0.15, 0.2) is 9.59 Å². The number of H-pyrrole nitrogens is 1. The summed E-state index contributed by atoms with van der Waals surface area (Å²) >= 11 is 5.89. The molecule has 0 aliphatic heterocycles. The normalized spacial score (nSPS) is 10.3. The van der Waals surface area contributed by atoms with Gasteiger partial charge in [-0.05, 0) is 18.5 Å². The van der Waals surface area contributed by atoms with E-state index in [0.29, 0.717) is 0 Å². The van der Waals surface area contributed by atoms with E-state index in [1.807, 2.05) is 0 Å². The summed E-state index contributed by atoms with van der Waals surface area (Å²) < 4.78 is 2.43. The summed E-state index contributed by atoms with van der Waals surface area (Å²) in [5.41, 5.74) is -0.535. The first-order valence-electron chi connectivity index (χ1n) is 4.81. The molecule has 0 saturated heterocycles. The lowest BCUT2D eigenvalue weighted by atomic mass is 10.5. The number of imidazole rings is 1. The molecule has 0 aliphatic rings. The quantitative estimate of drug-likeness (QED) is 0.578. The summed E-state index contributed by atoms with van der Waals surface area (Å²) in [7, 11) is 1.39. The molecule has 7 heteroatoms. The van der Waals surface area contributed by atoms with Gasteiger partial charge in [-0.3, -0.25) is 18.9 Å². The zero-order valence-corrected chi connectivity index (χ0v) is 10.00. The van der Waals surface area contributed by atoms with Gasteiger partial charge in [0.2, 0.25) is 5.28 Å². The molecule has 0 amide bonds. The fourth-order valence-electron chi connectivity index (χ4n) is 1.47. The van der Waals surface area contributed by atoms with Crippen molar-refractivity contribution in [3.8, 4) is 11.8 Å². The van der Waals surface area contributed by atoms with Crippen molar-refractivity contribution < 1.29 is 0 Å². The highest BCUT2D eigenvalue weighted by molar-refractivity contribution is 6.29. The van der Waals surface area contributed by atoms with Gasteiger partial charge in [0, 0.05) is 7.05 Å². The molecule has 0 aliphatic carbocycles. The highest BCUT2D eigenvalue weighted by atomic mass is 35.5. The Hall–Kier alpha value is -2.00. The summed E-state index contributed by atoms with van der Waals surface area (Å²) in [4.78, 5) is 29.7. The molecule has 88 valence electrons. The maximum absolute atomic E-state index is 11.9. The van der Waals surface area contributed by atoms with Gasteiger partial charge >= 0.3 is 5.69 Å². The van der Waals surface area contributed by atoms with Gasteiger partial charge in [-0.15, -0.1) is 5.92 Å². The van der Waals surface area contributed by atoms with Crippen LogP contribution >= 0.6 is 11.6 Å². The second kappa shape index (κ2) is 4.11. The molecule has 2 aromatic rings. The minimum Gasteiger partial charge on any atom is -0.297 e. The topological polar surface area (TPSA) is 72.7 Å². The maximum Gasteiger partial charge on any atom is 0.329 e. The SMILES string of the molecule is CC#CCn1c(Cl)nc2[nH]c(=O)n(C)c(=O)c21. The van der Waals surface area contributed by atoms with Crippen molar-refractivity contribution >= 4 is 22.8 Å². The summed E-state index contributed by atoms with van der Waals surface area (Å²) in [6, 6.07) is 0. The van der Waals surface area contributed by atoms with E-state index in [4.69, 9.17) is 11.6 Å². The molecule has 0 bridgehead atoms. The van der Waals surface area contributed by atoms with Gasteiger partial charge in [0.05, 0.1) is 6.54 Å². The van der Waals surface area contributed by atoms with E-state index in [9.17, 15) is 9.59 Å². The van der Waals surface area contributed by atoms with Gasteiger partial charge < -0.3 is 0 Å². The molecule has 2 aromatic heterocycles. The molecule has 2 heterocycles. The Morgan fingerprint density at radius 1 is 1.47 bits per heavy atom. The monoisotopic (exact) mass is 252 g/mol. The first-order valence-corrected chi connectivity index (χ1v) is 5.18. The number of halogens is 1. The van der Waals surface area contributed by atoms with Crippen LogP contribution in [0.25, 0.3) is 11.2 Å². The van der Waals surface area contributed by atoms with Gasteiger partial charge in [0.15, 0.2) is 11.2 Å².